The van der Waals surface area contributed by atoms with Crippen LogP contribution in [0.3, 0.4) is 0 Å². The maximum Gasteiger partial charge on any atom is 0.411 e. The molecule has 0 bridgehead atoms. The highest BCUT2D eigenvalue weighted by atomic mass is 16.5. The van der Waals surface area contributed by atoms with Crippen LogP contribution in [0.15, 0.2) is 23.9 Å². The van der Waals surface area contributed by atoms with E-state index in [0.29, 0.717) is 19.4 Å². The number of allylic oxidation sites excluding steroid dienone is 2. The van der Waals surface area contributed by atoms with Gasteiger partial charge in [0, 0.05) is 19.2 Å². The molecule has 1 aliphatic rings. The monoisotopic (exact) mass is 226 g/mol. The van der Waals surface area contributed by atoms with E-state index in [9.17, 15) is 9.59 Å². The zero-order chi connectivity index (χ0) is 12.0. The molecule has 0 aromatic carbocycles. The van der Waals surface area contributed by atoms with Crippen LogP contribution >= 0.6 is 0 Å². The number of rotatable bonds is 4. The van der Waals surface area contributed by atoms with Crippen LogP contribution < -0.4 is 5.48 Å². The molecule has 0 saturated heterocycles. The lowest BCUT2D eigenvalue weighted by Gasteiger charge is -2.17. The third-order valence-corrected chi connectivity index (χ3v) is 2.26. The summed E-state index contributed by atoms with van der Waals surface area (Å²) in [5.74, 6) is -0.410. The molecule has 1 heterocycles. The van der Waals surface area contributed by atoms with Crippen LogP contribution in [0.2, 0.25) is 0 Å². The molecular weight excluding hydrogens is 212 g/mol. The molecule has 6 nitrogen and oxygen atoms in total. The molecule has 3 N–H and O–H groups in total. The first-order valence-electron chi connectivity index (χ1n) is 4.93. The number of carboxylic acid groups (broad SMARTS) is 1. The Bertz CT molecular complexity index is 336. The zero-order valence-corrected chi connectivity index (χ0v) is 8.72. The zero-order valence-electron chi connectivity index (χ0n) is 8.72. The van der Waals surface area contributed by atoms with Gasteiger partial charge in [-0.15, -0.1) is 0 Å². The van der Waals surface area contributed by atoms with Crippen LogP contribution in [0.1, 0.15) is 19.3 Å². The summed E-state index contributed by atoms with van der Waals surface area (Å²) < 4.78 is 0. The Kier molecular flexibility index (Phi) is 4.53. The molecular formula is C10H14N2O4. The lowest BCUT2D eigenvalue weighted by atomic mass is 10.1. The molecule has 2 amide bonds. The number of nitrogens with zero attached hydrogens (tertiary/aromatic N) is 1. The Labute approximate surface area is 92.8 Å². The van der Waals surface area contributed by atoms with Crippen molar-refractivity contribution in [1.82, 2.24) is 10.4 Å². The van der Waals surface area contributed by atoms with Crippen LogP contribution in [0, 0.1) is 0 Å². The Morgan fingerprint density at radius 1 is 1.50 bits per heavy atom. The fourth-order valence-corrected chi connectivity index (χ4v) is 1.37. The average molecular weight is 226 g/mol. The second-order valence-electron chi connectivity index (χ2n) is 3.42. The van der Waals surface area contributed by atoms with Gasteiger partial charge in [-0.25, -0.2) is 10.3 Å². The number of carbonyl (C=O) groups is 2. The highest BCUT2D eigenvalue weighted by Gasteiger charge is 2.10. The summed E-state index contributed by atoms with van der Waals surface area (Å²) in [5.41, 5.74) is 2.57. The van der Waals surface area contributed by atoms with Gasteiger partial charge in [-0.3, -0.25) is 14.9 Å². The summed E-state index contributed by atoms with van der Waals surface area (Å²) >= 11 is 0. The van der Waals surface area contributed by atoms with Gasteiger partial charge in [-0.1, -0.05) is 6.08 Å². The van der Waals surface area contributed by atoms with Crippen LogP contribution in [0.25, 0.3) is 0 Å². The summed E-state index contributed by atoms with van der Waals surface area (Å²) in [5, 5.41) is 16.9. The van der Waals surface area contributed by atoms with Gasteiger partial charge < -0.3 is 5.11 Å². The van der Waals surface area contributed by atoms with E-state index >= 15 is 0 Å². The number of hydrogen-bond donors (Lipinski definition) is 3. The lowest BCUT2D eigenvalue weighted by Crippen LogP contribution is -2.25. The topological polar surface area (TPSA) is 89.9 Å². The van der Waals surface area contributed by atoms with Gasteiger partial charge in [-0.05, 0) is 24.5 Å². The highest BCUT2D eigenvalue weighted by molar-refractivity contribution is 5.74. The maximum absolute atomic E-state index is 10.7. The predicted molar refractivity (Wildman–Crippen MR) is 55.7 cm³/mol. The Morgan fingerprint density at radius 2 is 2.25 bits per heavy atom. The van der Waals surface area contributed by atoms with Crippen LogP contribution in [0.5, 0.6) is 0 Å². The van der Waals surface area contributed by atoms with E-state index in [1.54, 1.807) is 11.6 Å². The number of nitrogens with one attached hydrogen (secondary N) is 1. The van der Waals surface area contributed by atoms with Gasteiger partial charge in [-0.2, -0.15) is 0 Å². The van der Waals surface area contributed by atoms with Crippen LogP contribution in [0.4, 0.5) is 4.79 Å². The average Bonchev–Trinajstić information content (AvgIpc) is 2.29. The Hall–Kier alpha value is -1.82. The summed E-state index contributed by atoms with van der Waals surface area (Å²) in [4.78, 5) is 22.4. The minimum Gasteiger partial charge on any atom is -0.465 e. The first kappa shape index (κ1) is 12.3. The SMILES string of the molecule is O=C(CCCC1=CCN(C(=O)O)C=C1)NO. The quantitative estimate of drug-likeness (QED) is 0.494. The first-order chi connectivity index (χ1) is 7.63. The standard InChI is InChI=1S/C10H14N2O4/c13-9(11-16)3-1-2-8-4-6-12(7-5-8)10(14)15/h4-6,16H,1-3,7H2,(H,11,13)(H,14,15). The molecule has 1 rings (SSSR count). The number of amides is 2. The fraction of sp³-hybridized carbons (Fsp3) is 0.400. The summed E-state index contributed by atoms with van der Waals surface area (Å²) in [6.45, 7) is 0.341. The van der Waals surface area contributed by atoms with E-state index in [0.717, 1.165) is 5.57 Å². The summed E-state index contributed by atoms with van der Waals surface area (Å²) in [7, 11) is 0. The molecule has 1 aliphatic heterocycles. The lowest BCUT2D eigenvalue weighted by molar-refractivity contribution is -0.129. The maximum atomic E-state index is 10.7. The molecule has 0 unspecified atom stereocenters. The van der Waals surface area contributed by atoms with Gasteiger partial charge >= 0.3 is 6.09 Å². The summed E-state index contributed by atoms with van der Waals surface area (Å²) in [6, 6.07) is 0. The van der Waals surface area contributed by atoms with Crippen molar-refractivity contribution in [2.75, 3.05) is 6.54 Å². The molecule has 16 heavy (non-hydrogen) atoms. The second kappa shape index (κ2) is 5.92. The molecule has 0 radical (unpaired) electrons. The van der Waals surface area contributed by atoms with Gasteiger partial charge in [0.2, 0.25) is 5.91 Å². The minimum atomic E-state index is -0.980. The molecule has 0 fully saturated rings. The van der Waals surface area contributed by atoms with Crippen molar-refractivity contribution in [1.29, 1.82) is 0 Å². The van der Waals surface area contributed by atoms with Crippen molar-refractivity contribution >= 4 is 12.0 Å². The van der Waals surface area contributed by atoms with Gasteiger partial charge in [0.1, 0.15) is 0 Å². The van der Waals surface area contributed by atoms with E-state index < -0.39 is 12.0 Å². The number of carbonyl (C=O) groups excluding carboxylic acids is 1. The van der Waals surface area contributed by atoms with Gasteiger partial charge in [0.25, 0.3) is 0 Å². The van der Waals surface area contributed by atoms with Gasteiger partial charge in [0.15, 0.2) is 0 Å². The molecule has 0 spiro atoms. The third-order valence-electron chi connectivity index (χ3n) is 2.26. The van der Waals surface area contributed by atoms with Crippen molar-refractivity contribution in [2.45, 2.75) is 19.3 Å². The Balaban J connectivity index is 2.28. The van der Waals surface area contributed by atoms with E-state index in [-0.39, 0.29) is 6.42 Å². The first-order valence-corrected chi connectivity index (χ1v) is 4.93. The Morgan fingerprint density at radius 3 is 2.75 bits per heavy atom. The smallest absolute Gasteiger partial charge is 0.411 e. The van der Waals surface area contributed by atoms with E-state index in [4.69, 9.17) is 10.3 Å². The summed E-state index contributed by atoms with van der Waals surface area (Å²) in [6.07, 6.45) is 5.62. The highest BCUT2D eigenvalue weighted by Crippen LogP contribution is 2.13. The van der Waals surface area contributed by atoms with E-state index in [1.165, 1.54) is 11.1 Å². The molecule has 88 valence electrons. The molecule has 0 saturated carbocycles. The second-order valence-corrected chi connectivity index (χ2v) is 3.42. The number of hydrogen-bond acceptors (Lipinski definition) is 3. The van der Waals surface area contributed by atoms with Crippen molar-refractivity contribution in [2.24, 2.45) is 0 Å². The normalized spacial score (nSPS) is 14.6. The largest absolute Gasteiger partial charge is 0.465 e. The molecule has 0 atom stereocenters. The molecule has 0 aromatic heterocycles. The number of hydroxylamine groups is 1. The molecule has 0 aliphatic carbocycles. The fourth-order valence-electron chi connectivity index (χ4n) is 1.37. The van der Waals surface area contributed by atoms with E-state index in [2.05, 4.69) is 0 Å². The minimum absolute atomic E-state index is 0.254. The molecule has 6 heteroatoms. The van der Waals surface area contributed by atoms with Crippen molar-refractivity contribution in [3.05, 3.63) is 23.9 Å². The van der Waals surface area contributed by atoms with E-state index in [1.807, 2.05) is 6.08 Å². The third kappa shape index (κ3) is 3.74. The van der Waals surface area contributed by atoms with Crippen LogP contribution in [-0.2, 0) is 4.79 Å². The van der Waals surface area contributed by atoms with Crippen molar-refractivity contribution in [3.8, 4) is 0 Å². The van der Waals surface area contributed by atoms with Crippen molar-refractivity contribution < 1.29 is 19.9 Å². The molecule has 0 aromatic rings. The predicted octanol–water partition coefficient (Wildman–Crippen LogP) is 1.10. The van der Waals surface area contributed by atoms with Gasteiger partial charge in [0.05, 0.1) is 0 Å². The van der Waals surface area contributed by atoms with Crippen molar-refractivity contribution in [3.63, 3.8) is 0 Å². The van der Waals surface area contributed by atoms with Crippen LogP contribution in [-0.4, -0.2) is 33.8 Å².